The Hall–Kier alpha value is -1.18. The maximum Gasteiger partial charge on any atom is 0.414 e. The number of hydrogen-bond donors (Lipinski definition) is 2. The quantitative estimate of drug-likeness (QED) is 0.730. The van der Waals surface area contributed by atoms with Crippen LogP contribution in [0.5, 0.6) is 0 Å². The second kappa shape index (κ2) is 9.96. The first-order valence-electron chi connectivity index (χ1n) is 9.10. The average molecular weight is 342 g/mol. The monoisotopic (exact) mass is 342 g/mol. The van der Waals surface area contributed by atoms with Crippen molar-refractivity contribution in [3.05, 3.63) is 0 Å². The van der Waals surface area contributed by atoms with E-state index < -0.39 is 11.9 Å². The third-order valence-electron chi connectivity index (χ3n) is 5.34. The van der Waals surface area contributed by atoms with Crippen LogP contribution < -0.4 is 0 Å². The molecule has 3 rings (SSSR count). The van der Waals surface area contributed by atoms with Crippen molar-refractivity contribution in [2.75, 3.05) is 39.4 Å². The molecule has 3 fully saturated rings. The van der Waals surface area contributed by atoms with Crippen LogP contribution in [-0.2, 0) is 14.3 Å². The molecule has 7 heteroatoms. The highest BCUT2D eigenvalue weighted by Crippen LogP contribution is 2.26. The Kier molecular flexibility index (Phi) is 7.94. The smallest absolute Gasteiger partial charge is 0.414 e. The summed E-state index contributed by atoms with van der Waals surface area (Å²) in [7, 11) is 0. The standard InChI is InChI=1S/C15H28N2O.C2H2O4/c1-2-4-14(5-3-1)16-8-6-15(7-9-16)17-10-12-18-13-11-17;3-1(4)2(5)6/h14-15H,1-13H2;(H,3,4)(H,5,6). The van der Waals surface area contributed by atoms with E-state index in [1.165, 1.54) is 58.0 Å². The van der Waals surface area contributed by atoms with Crippen LogP contribution in [0.3, 0.4) is 0 Å². The maximum atomic E-state index is 9.10. The van der Waals surface area contributed by atoms with E-state index >= 15 is 0 Å². The Morgan fingerprint density at radius 1 is 0.708 bits per heavy atom. The maximum absolute atomic E-state index is 9.10. The largest absolute Gasteiger partial charge is 0.473 e. The summed E-state index contributed by atoms with van der Waals surface area (Å²) < 4.78 is 5.45. The highest BCUT2D eigenvalue weighted by Gasteiger charge is 2.29. The summed E-state index contributed by atoms with van der Waals surface area (Å²) in [5.41, 5.74) is 0. The Morgan fingerprint density at radius 3 is 1.67 bits per heavy atom. The van der Waals surface area contributed by atoms with E-state index in [0.717, 1.165) is 38.4 Å². The molecular formula is C17H30N2O5. The second-order valence-corrected chi connectivity index (χ2v) is 6.82. The van der Waals surface area contributed by atoms with Gasteiger partial charge in [-0.25, -0.2) is 9.59 Å². The summed E-state index contributed by atoms with van der Waals surface area (Å²) in [6.07, 6.45) is 10.1. The lowest BCUT2D eigenvalue weighted by Crippen LogP contribution is -2.51. The van der Waals surface area contributed by atoms with Gasteiger partial charge in [0, 0.05) is 25.2 Å². The van der Waals surface area contributed by atoms with Gasteiger partial charge in [-0.1, -0.05) is 19.3 Å². The summed E-state index contributed by atoms with van der Waals surface area (Å²) in [5.74, 6) is -3.65. The van der Waals surface area contributed by atoms with E-state index in [2.05, 4.69) is 9.80 Å². The molecule has 24 heavy (non-hydrogen) atoms. The zero-order chi connectivity index (χ0) is 17.4. The molecular weight excluding hydrogens is 312 g/mol. The summed E-state index contributed by atoms with van der Waals surface area (Å²) in [4.78, 5) is 23.7. The number of nitrogens with zero attached hydrogens (tertiary/aromatic N) is 2. The van der Waals surface area contributed by atoms with Gasteiger partial charge in [0.2, 0.25) is 0 Å². The number of piperidine rings is 1. The third-order valence-corrected chi connectivity index (χ3v) is 5.34. The van der Waals surface area contributed by atoms with E-state index in [0.29, 0.717) is 0 Å². The first-order valence-corrected chi connectivity index (χ1v) is 9.10. The fraction of sp³-hybridized carbons (Fsp3) is 0.882. The lowest BCUT2D eigenvalue weighted by Gasteiger charge is -2.43. The summed E-state index contributed by atoms with van der Waals surface area (Å²) >= 11 is 0. The normalized spacial score (nSPS) is 24.8. The van der Waals surface area contributed by atoms with Crippen molar-refractivity contribution in [3.8, 4) is 0 Å². The fourth-order valence-electron chi connectivity index (χ4n) is 4.00. The lowest BCUT2D eigenvalue weighted by atomic mass is 9.92. The van der Waals surface area contributed by atoms with E-state index in [1.807, 2.05) is 0 Å². The second-order valence-electron chi connectivity index (χ2n) is 6.82. The predicted octanol–water partition coefficient (Wildman–Crippen LogP) is 1.27. The van der Waals surface area contributed by atoms with Crippen LogP contribution >= 0.6 is 0 Å². The molecule has 3 aliphatic rings. The van der Waals surface area contributed by atoms with Crippen molar-refractivity contribution in [1.82, 2.24) is 9.80 Å². The molecule has 2 N–H and O–H groups in total. The van der Waals surface area contributed by atoms with Crippen molar-refractivity contribution in [3.63, 3.8) is 0 Å². The van der Waals surface area contributed by atoms with Gasteiger partial charge in [-0.15, -0.1) is 0 Å². The molecule has 0 amide bonds. The highest BCUT2D eigenvalue weighted by atomic mass is 16.5. The Bertz CT molecular complexity index is 360. The van der Waals surface area contributed by atoms with Gasteiger partial charge < -0.3 is 19.8 Å². The summed E-state index contributed by atoms with van der Waals surface area (Å²) in [6.45, 7) is 6.90. The average Bonchev–Trinajstić information content (AvgIpc) is 2.64. The van der Waals surface area contributed by atoms with Crippen LogP contribution in [0.1, 0.15) is 44.9 Å². The number of carboxylic acids is 2. The summed E-state index contributed by atoms with van der Waals surface area (Å²) in [5, 5.41) is 14.8. The van der Waals surface area contributed by atoms with Gasteiger partial charge in [-0.3, -0.25) is 4.90 Å². The van der Waals surface area contributed by atoms with Crippen LogP contribution in [-0.4, -0.2) is 83.4 Å². The minimum atomic E-state index is -1.82. The van der Waals surface area contributed by atoms with Crippen molar-refractivity contribution in [2.45, 2.75) is 57.0 Å². The number of aliphatic carboxylic acids is 2. The van der Waals surface area contributed by atoms with Gasteiger partial charge >= 0.3 is 11.9 Å². The molecule has 0 atom stereocenters. The molecule has 0 aromatic carbocycles. The molecule has 0 aromatic heterocycles. The number of likely N-dealkylation sites (tertiary alicyclic amines) is 1. The molecule has 0 unspecified atom stereocenters. The topological polar surface area (TPSA) is 90.3 Å². The number of carbonyl (C=O) groups is 2. The molecule has 2 saturated heterocycles. The molecule has 0 radical (unpaired) electrons. The number of hydrogen-bond acceptors (Lipinski definition) is 5. The van der Waals surface area contributed by atoms with Gasteiger partial charge in [0.25, 0.3) is 0 Å². The van der Waals surface area contributed by atoms with E-state index in [9.17, 15) is 0 Å². The SMILES string of the molecule is C1CCC(N2CCC(N3CCOCC3)CC2)CC1.O=C(O)C(=O)O. The molecule has 7 nitrogen and oxygen atoms in total. The third kappa shape index (κ3) is 6.03. The van der Waals surface area contributed by atoms with Crippen LogP contribution in [0.25, 0.3) is 0 Å². The van der Waals surface area contributed by atoms with Gasteiger partial charge in [0.15, 0.2) is 0 Å². The first-order chi connectivity index (χ1) is 11.6. The van der Waals surface area contributed by atoms with Crippen molar-refractivity contribution >= 4 is 11.9 Å². The zero-order valence-corrected chi connectivity index (χ0v) is 14.4. The lowest BCUT2D eigenvalue weighted by molar-refractivity contribution is -0.159. The number of carboxylic acid groups (broad SMARTS) is 2. The molecule has 2 aliphatic heterocycles. The van der Waals surface area contributed by atoms with Crippen LogP contribution in [0.15, 0.2) is 0 Å². The number of morpholine rings is 1. The zero-order valence-electron chi connectivity index (χ0n) is 14.4. The molecule has 2 heterocycles. The first kappa shape index (κ1) is 19.1. The van der Waals surface area contributed by atoms with Gasteiger partial charge in [-0.05, 0) is 38.8 Å². The fourth-order valence-corrected chi connectivity index (χ4v) is 4.00. The minimum Gasteiger partial charge on any atom is -0.473 e. The summed E-state index contributed by atoms with van der Waals surface area (Å²) in [6, 6.07) is 1.76. The van der Waals surface area contributed by atoms with E-state index in [1.54, 1.807) is 0 Å². The Labute approximate surface area is 143 Å². The molecule has 1 aliphatic carbocycles. The molecule has 1 saturated carbocycles. The molecule has 0 spiro atoms. The van der Waals surface area contributed by atoms with Crippen LogP contribution in [0, 0.1) is 0 Å². The molecule has 138 valence electrons. The van der Waals surface area contributed by atoms with Crippen LogP contribution in [0.2, 0.25) is 0 Å². The van der Waals surface area contributed by atoms with E-state index in [4.69, 9.17) is 24.5 Å². The molecule has 0 aromatic rings. The van der Waals surface area contributed by atoms with Gasteiger partial charge in [0.05, 0.1) is 13.2 Å². The number of rotatable bonds is 2. The minimum absolute atomic E-state index is 0.841. The Morgan fingerprint density at radius 2 is 1.17 bits per heavy atom. The van der Waals surface area contributed by atoms with E-state index in [-0.39, 0.29) is 0 Å². The van der Waals surface area contributed by atoms with Crippen LogP contribution in [0.4, 0.5) is 0 Å². The van der Waals surface area contributed by atoms with Crippen molar-refractivity contribution in [1.29, 1.82) is 0 Å². The number of ether oxygens (including phenoxy) is 1. The van der Waals surface area contributed by atoms with Gasteiger partial charge in [-0.2, -0.15) is 0 Å². The predicted molar refractivity (Wildman–Crippen MR) is 89.1 cm³/mol. The van der Waals surface area contributed by atoms with Crippen molar-refractivity contribution in [2.24, 2.45) is 0 Å². The Balaban J connectivity index is 0.000000301. The molecule has 0 bridgehead atoms. The van der Waals surface area contributed by atoms with Crippen molar-refractivity contribution < 1.29 is 24.5 Å². The van der Waals surface area contributed by atoms with Gasteiger partial charge in [0.1, 0.15) is 0 Å². The highest BCUT2D eigenvalue weighted by molar-refractivity contribution is 6.27.